The van der Waals surface area contributed by atoms with Gasteiger partial charge in [0.15, 0.2) is 0 Å². The molecule has 0 saturated heterocycles. The van der Waals surface area contributed by atoms with E-state index in [1.54, 1.807) is 12.1 Å². The zero-order valence-corrected chi connectivity index (χ0v) is 11.9. The number of carbonyl (C=O) groups excluding carboxylic acids is 1. The van der Waals surface area contributed by atoms with Gasteiger partial charge in [0, 0.05) is 17.7 Å². The van der Waals surface area contributed by atoms with Crippen LogP contribution >= 0.6 is 0 Å². The van der Waals surface area contributed by atoms with Crippen molar-refractivity contribution >= 4 is 15.9 Å². The summed E-state index contributed by atoms with van der Waals surface area (Å²) in [6, 6.07) is 4.65. The quantitative estimate of drug-likeness (QED) is 0.841. The minimum Gasteiger partial charge on any atom is -0.496 e. The molecule has 0 aliphatic rings. The number of hydrogen-bond donors (Lipinski definition) is 1. The first-order valence-electron chi connectivity index (χ1n) is 5.64. The number of hydrogen-bond acceptors (Lipinski definition) is 5. The van der Waals surface area contributed by atoms with Crippen LogP contribution in [0.1, 0.15) is 22.8 Å². The number of rotatable bonds is 6. The van der Waals surface area contributed by atoms with Crippen LogP contribution in [-0.4, -0.2) is 34.3 Å². The smallest absolute Gasteiger partial charge is 0.264 e. The highest BCUT2D eigenvalue weighted by atomic mass is 32.2. The summed E-state index contributed by atoms with van der Waals surface area (Å²) >= 11 is 0. The first kappa shape index (κ1) is 15.5. The molecule has 0 aromatic heterocycles. The van der Waals surface area contributed by atoms with Crippen molar-refractivity contribution in [1.82, 2.24) is 4.72 Å². The minimum atomic E-state index is -3.58. The molecule has 1 N–H and O–H groups in total. The number of amides is 1. The summed E-state index contributed by atoms with van der Waals surface area (Å²) in [7, 11) is -2.06. The Labute approximate surface area is 112 Å². The summed E-state index contributed by atoms with van der Waals surface area (Å²) < 4.78 is 34.4. The van der Waals surface area contributed by atoms with Gasteiger partial charge >= 0.3 is 0 Å². The predicted octanol–water partition coefficient (Wildman–Crippen LogP) is 0.921. The third-order valence-electron chi connectivity index (χ3n) is 2.28. The zero-order chi connectivity index (χ0) is 14.5. The van der Waals surface area contributed by atoms with E-state index >= 15 is 0 Å². The molecule has 0 aliphatic carbocycles. The second-order valence-corrected chi connectivity index (χ2v) is 5.62. The third kappa shape index (κ3) is 4.88. The molecule has 106 valence electrons. The maximum atomic E-state index is 11.7. The molecular formula is C12H17NO5S. The van der Waals surface area contributed by atoms with Gasteiger partial charge in [-0.15, -0.1) is 0 Å². The predicted molar refractivity (Wildman–Crippen MR) is 70.6 cm³/mol. The average Bonchev–Trinajstić information content (AvgIpc) is 2.33. The van der Waals surface area contributed by atoms with Crippen LogP contribution in [0.2, 0.25) is 0 Å². The Balaban J connectivity index is 3.00. The molecule has 0 unspecified atom stereocenters. The molecule has 19 heavy (non-hydrogen) atoms. The van der Waals surface area contributed by atoms with Crippen LogP contribution in [0.4, 0.5) is 0 Å². The SMILES string of the molecule is CCOCc1cc(C(=O)NS(C)(=O)=O)ccc1OC. The molecule has 6 nitrogen and oxygen atoms in total. The fourth-order valence-electron chi connectivity index (χ4n) is 1.47. The van der Waals surface area contributed by atoms with Crippen molar-refractivity contribution in [3.63, 3.8) is 0 Å². The molecule has 7 heteroatoms. The van der Waals surface area contributed by atoms with Gasteiger partial charge in [-0.3, -0.25) is 4.79 Å². The molecule has 0 spiro atoms. The highest BCUT2D eigenvalue weighted by Crippen LogP contribution is 2.20. The molecule has 0 heterocycles. The van der Waals surface area contributed by atoms with E-state index in [1.165, 1.54) is 13.2 Å². The van der Waals surface area contributed by atoms with Crippen LogP contribution < -0.4 is 9.46 Å². The summed E-state index contributed by atoms with van der Waals surface area (Å²) in [4.78, 5) is 11.7. The van der Waals surface area contributed by atoms with Gasteiger partial charge in [-0.2, -0.15) is 0 Å². The molecular weight excluding hydrogens is 270 g/mol. The number of methoxy groups -OCH3 is 1. The van der Waals surface area contributed by atoms with Gasteiger partial charge in [0.2, 0.25) is 10.0 Å². The van der Waals surface area contributed by atoms with Crippen LogP contribution in [0.5, 0.6) is 5.75 Å². The van der Waals surface area contributed by atoms with Crippen molar-refractivity contribution in [2.75, 3.05) is 20.0 Å². The zero-order valence-electron chi connectivity index (χ0n) is 11.1. The lowest BCUT2D eigenvalue weighted by Crippen LogP contribution is -2.29. The number of ether oxygens (including phenoxy) is 2. The van der Waals surface area contributed by atoms with Gasteiger partial charge < -0.3 is 9.47 Å². The average molecular weight is 287 g/mol. The molecule has 0 radical (unpaired) electrons. The lowest BCUT2D eigenvalue weighted by molar-refractivity contribution is 0.0981. The summed E-state index contributed by atoms with van der Waals surface area (Å²) in [5, 5.41) is 0. The Morgan fingerprint density at radius 1 is 1.37 bits per heavy atom. The van der Waals surface area contributed by atoms with Crippen molar-refractivity contribution in [2.45, 2.75) is 13.5 Å². The van der Waals surface area contributed by atoms with Crippen LogP contribution in [0.15, 0.2) is 18.2 Å². The van der Waals surface area contributed by atoms with Crippen molar-refractivity contribution in [2.24, 2.45) is 0 Å². The van der Waals surface area contributed by atoms with Crippen molar-refractivity contribution < 1.29 is 22.7 Å². The molecule has 1 aromatic carbocycles. The molecule has 1 rings (SSSR count). The maximum Gasteiger partial charge on any atom is 0.264 e. The molecule has 1 aromatic rings. The summed E-state index contributed by atoms with van der Waals surface area (Å²) in [6.45, 7) is 2.68. The van der Waals surface area contributed by atoms with Crippen molar-refractivity contribution in [3.05, 3.63) is 29.3 Å². The lowest BCUT2D eigenvalue weighted by atomic mass is 10.1. The van der Waals surface area contributed by atoms with Gasteiger partial charge in [-0.05, 0) is 25.1 Å². The fraction of sp³-hybridized carbons (Fsp3) is 0.417. The first-order chi connectivity index (χ1) is 8.87. The standard InChI is InChI=1S/C12H17NO5S/c1-4-18-8-10-7-9(5-6-11(10)17-2)12(14)13-19(3,15)16/h5-7H,4,8H2,1-3H3,(H,13,14). The van der Waals surface area contributed by atoms with E-state index in [2.05, 4.69) is 0 Å². The number of sulfonamides is 1. The van der Waals surface area contributed by atoms with E-state index in [-0.39, 0.29) is 5.56 Å². The Kier molecular flexibility index (Phi) is 5.31. The van der Waals surface area contributed by atoms with Crippen LogP contribution in [0.25, 0.3) is 0 Å². The molecule has 0 saturated carbocycles. The van der Waals surface area contributed by atoms with E-state index in [0.717, 1.165) is 6.26 Å². The van der Waals surface area contributed by atoms with Gasteiger partial charge in [-0.25, -0.2) is 13.1 Å². The highest BCUT2D eigenvalue weighted by Gasteiger charge is 2.13. The molecule has 0 bridgehead atoms. The Bertz CT molecular complexity index is 553. The maximum absolute atomic E-state index is 11.7. The van der Waals surface area contributed by atoms with Crippen LogP contribution in [-0.2, 0) is 21.4 Å². The van der Waals surface area contributed by atoms with E-state index in [0.29, 0.717) is 24.5 Å². The lowest BCUT2D eigenvalue weighted by Gasteiger charge is -2.10. The largest absolute Gasteiger partial charge is 0.496 e. The van der Waals surface area contributed by atoms with Crippen molar-refractivity contribution in [1.29, 1.82) is 0 Å². The van der Waals surface area contributed by atoms with Crippen molar-refractivity contribution in [3.8, 4) is 5.75 Å². The van der Waals surface area contributed by atoms with Crippen LogP contribution in [0, 0.1) is 0 Å². The second kappa shape index (κ2) is 6.53. The number of carbonyl (C=O) groups is 1. The molecule has 0 aliphatic heterocycles. The van der Waals surface area contributed by atoms with E-state index < -0.39 is 15.9 Å². The summed E-state index contributed by atoms with van der Waals surface area (Å²) in [5.41, 5.74) is 0.923. The third-order valence-corrected chi connectivity index (χ3v) is 2.84. The van der Waals surface area contributed by atoms with E-state index in [9.17, 15) is 13.2 Å². The Hall–Kier alpha value is -1.60. The molecule has 0 atom stereocenters. The Morgan fingerprint density at radius 3 is 2.58 bits per heavy atom. The first-order valence-corrected chi connectivity index (χ1v) is 7.53. The fourth-order valence-corrected chi connectivity index (χ4v) is 1.93. The summed E-state index contributed by atoms with van der Waals surface area (Å²) in [6.07, 6.45) is 0.926. The van der Waals surface area contributed by atoms with E-state index in [4.69, 9.17) is 9.47 Å². The monoisotopic (exact) mass is 287 g/mol. The van der Waals surface area contributed by atoms with Gasteiger partial charge in [0.25, 0.3) is 5.91 Å². The number of benzene rings is 1. The van der Waals surface area contributed by atoms with Gasteiger partial charge in [-0.1, -0.05) is 0 Å². The van der Waals surface area contributed by atoms with Gasteiger partial charge in [0.05, 0.1) is 20.0 Å². The molecule has 1 amide bonds. The summed E-state index contributed by atoms with van der Waals surface area (Å²) in [5.74, 6) is -0.0905. The van der Waals surface area contributed by atoms with Crippen LogP contribution in [0.3, 0.4) is 0 Å². The topological polar surface area (TPSA) is 81.7 Å². The number of nitrogens with one attached hydrogen (secondary N) is 1. The minimum absolute atomic E-state index is 0.237. The molecule has 0 fully saturated rings. The highest BCUT2D eigenvalue weighted by molar-refractivity contribution is 7.89. The van der Waals surface area contributed by atoms with Gasteiger partial charge in [0.1, 0.15) is 5.75 Å². The normalized spacial score (nSPS) is 11.1. The second-order valence-electron chi connectivity index (χ2n) is 3.87. The van der Waals surface area contributed by atoms with E-state index in [1.807, 2.05) is 11.6 Å². The Morgan fingerprint density at radius 2 is 2.05 bits per heavy atom.